The van der Waals surface area contributed by atoms with Gasteiger partial charge in [-0.1, -0.05) is 35.9 Å². The monoisotopic (exact) mass is 517 g/mol. The molecule has 6 rings (SSSR count). The van der Waals surface area contributed by atoms with E-state index < -0.39 is 0 Å². The summed E-state index contributed by atoms with van der Waals surface area (Å²) in [5, 5.41) is 4.85. The molecule has 0 saturated carbocycles. The van der Waals surface area contributed by atoms with Crippen molar-refractivity contribution in [3.8, 4) is 10.8 Å². The average molecular weight is 518 g/mol. The van der Waals surface area contributed by atoms with Crippen LogP contribution < -0.4 is 10.1 Å². The average Bonchev–Trinajstić information content (AvgIpc) is 3.47. The minimum Gasteiger partial charge on any atom is -0.494 e. The number of hydrogen-bond acceptors (Lipinski definition) is 3. The maximum atomic E-state index is 14.0. The Bertz CT molecular complexity index is 1430. The molecule has 1 N–H and O–H groups in total. The lowest BCUT2D eigenvalue weighted by molar-refractivity contribution is 0.194. The third kappa shape index (κ3) is 4.08. The number of aromatic nitrogens is 1. The van der Waals surface area contributed by atoms with Crippen LogP contribution in [0.15, 0.2) is 66.9 Å². The third-order valence-corrected chi connectivity index (χ3v) is 8.70. The number of halogens is 1. The van der Waals surface area contributed by atoms with Gasteiger partial charge in [0.05, 0.1) is 35.6 Å². The van der Waals surface area contributed by atoms with Gasteiger partial charge in [-0.15, -0.1) is 11.3 Å². The zero-order chi connectivity index (χ0) is 24.6. The van der Waals surface area contributed by atoms with Crippen LogP contribution in [-0.2, 0) is 19.4 Å². The number of fused-ring (bicyclic) bond motifs is 5. The highest BCUT2D eigenvalue weighted by Crippen LogP contribution is 2.44. The van der Waals surface area contributed by atoms with Crippen molar-refractivity contribution < 1.29 is 9.53 Å². The standard InChI is InChI=1S/C29H28ClN3O2S/c1-2-35-20-10-7-9-19(17-20)27-25-14-8-16-32(25)28-22(21-11-3-6-15-26(21)36-28)18-33(27)29(34)31-24-13-5-4-12-23(24)30/h4-5,7-10,12-14,16-17,27H,2-3,6,11,15,18H2,1H3,(H,31,34)/t27-/m1/s1. The number of thiophene rings is 1. The van der Waals surface area contributed by atoms with Crippen molar-refractivity contribution in [3.63, 3.8) is 0 Å². The summed E-state index contributed by atoms with van der Waals surface area (Å²) in [6.07, 6.45) is 6.75. The molecule has 4 aromatic rings. The summed E-state index contributed by atoms with van der Waals surface area (Å²) >= 11 is 8.30. The second kappa shape index (κ2) is 9.68. The second-order valence-electron chi connectivity index (χ2n) is 9.24. The molecular weight excluding hydrogens is 490 g/mol. The van der Waals surface area contributed by atoms with Gasteiger partial charge in [0.15, 0.2) is 0 Å². The van der Waals surface area contributed by atoms with E-state index >= 15 is 0 Å². The van der Waals surface area contributed by atoms with Gasteiger partial charge in [0, 0.05) is 16.6 Å². The van der Waals surface area contributed by atoms with E-state index in [1.165, 1.54) is 33.8 Å². The van der Waals surface area contributed by atoms with Crippen molar-refractivity contribution >= 4 is 34.7 Å². The molecule has 36 heavy (non-hydrogen) atoms. The highest BCUT2D eigenvalue weighted by atomic mass is 35.5. The molecule has 2 amide bonds. The van der Waals surface area contributed by atoms with Crippen molar-refractivity contribution in [3.05, 3.63) is 99.1 Å². The molecule has 1 aliphatic carbocycles. The fourth-order valence-corrected chi connectivity index (χ4v) is 7.01. The Balaban J connectivity index is 1.50. The van der Waals surface area contributed by atoms with Gasteiger partial charge in [-0.3, -0.25) is 0 Å². The van der Waals surface area contributed by atoms with Gasteiger partial charge in [-0.2, -0.15) is 0 Å². The number of anilines is 1. The Labute approximate surface area is 220 Å². The van der Waals surface area contributed by atoms with E-state index in [1.54, 1.807) is 6.07 Å². The maximum absolute atomic E-state index is 14.0. The van der Waals surface area contributed by atoms with Crippen molar-refractivity contribution in [2.45, 2.75) is 45.2 Å². The molecule has 2 aromatic heterocycles. The number of carbonyl (C=O) groups is 1. The summed E-state index contributed by atoms with van der Waals surface area (Å²) in [5.74, 6) is 0.802. The number of nitrogens with zero attached hydrogens (tertiary/aromatic N) is 2. The van der Waals surface area contributed by atoms with Crippen molar-refractivity contribution in [1.29, 1.82) is 0 Å². The Morgan fingerprint density at radius 3 is 2.81 bits per heavy atom. The number of nitrogens with one attached hydrogen (secondary N) is 1. The molecule has 2 aromatic carbocycles. The van der Waals surface area contributed by atoms with Gasteiger partial charge in [0.25, 0.3) is 0 Å². The summed E-state index contributed by atoms with van der Waals surface area (Å²) in [4.78, 5) is 17.4. The van der Waals surface area contributed by atoms with Crippen LogP contribution in [-0.4, -0.2) is 22.1 Å². The SMILES string of the molecule is CCOc1cccc([C@@H]2c3cccn3-c3sc4c(c3CN2C(=O)Nc2ccccc2Cl)CCCC4)c1. The van der Waals surface area contributed by atoms with E-state index in [0.717, 1.165) is 29.8 Å². The molecule has 0 bridgehead atoms. The number of benzene rings is 2. The topological polar surface area (TPSA) is 46.5 Å². The van der Waals surface area contributed by atoms with Crippen LogP contribution in [0.1, 0.15) is 53.1 Å². The maximum Gasteiger partial charge on any atom is 0.323 e. The molecule has 7 heteroatoms. The van der Waals surface area contributed by atoms with Crippen LogP contribution in [0.3, 0.4) is 0 Å². The number of ether oxygens (including phenoxy) is 1. The second-order valence-corrected chi connectivity index (χ2v) is 10.7. The predicted octanol–water partition coefficient (Wildman–Crippen LogP) is 7.61. The summed E-state index contributed by atoms with van der Waals surface area (Å²) in [6.45, 7) is 3.10. The van der Waals surface area contributed by atoms with Gasteiger partial charge in [-0.05, 0) is 80.1 Å². The number of carbonyl (C=O) groups excluding carboxylic acids is 1. The Morgan fingerprint density at radius 1 is 1.08 bits per heavy atom. The molecule has 3 heterocycles. The van der Waals surface area contributed by atoms with Crippen LogP contribution in [0, 0.1) is 0 Å². The number of amides is 2. The predicted molar refractivity (Wildman–Crippen MR) is 146 cm³/mol. The molecule has 0 spiro atoms. The number of hydrogen-bond donors (Lipinski definition) is 1. The molecule has 0 fully saturated rings. The highest BCUT2D eigenvalue weighted by Gasteiger charge is 2.36. The lowest BCUT2D eigenvalue weighted by Gasteiger charge is -2.31. The van der Waals surface area contributed by atoms with Gasteiger partial charge in [0.2, 0.25) is 0 Å². The van der Waals surface area contributed by atoms with Crippen molar-refractivity contribution in [2.24, 2.45) is 0 Å². The van der Waals surface area contributed by atoms with Crippen molar-refractivity contribution in [2.75, 3.05) is 11.9 Å². The molecular formula is C29H28ClN3O2S. The normalized spacial score (nSPS) is 16.5. The third-order valence-electron chi connectivity index (χ3n) is 7.04. The lowest BCUT2D eigenvalue weighted by atomic mass is 9.95. The van der Waals surface area contributed by atoms with Crippen LogP contribution in [0.5, 0.6) is 5.75 Å². The molecule has 184 valence electrons. The van der Waals surface area contributed by atoms with Crippen LogP contribution >= 0.6 is 22.9 Å². The van der Waals surface area contributed by atoms with Crippen molar-refractivity contribution in [1.82, 2.24) is 9.47 Å². The largest absolute Gasteiger partial charge is 0.494 e. The molecule has 0 saturated heterocycles. The fourth-order valence-electron chi connectivity index (χ4n) is 5.43. The van der Waals surface area contributed by atoms with E-state index in [9.17, 15) is 4.79 Å². The first-order valence-electron chi connectivity index (χ1n) is 12.5. The smallest absolute Gasteiger partial charge is 0.323 e. The van der Waals surface area contributed by atoms with E-state index in [1.807, 2.05) is 53.5 Å². The Hall–Kier alpha value is -3.22. The first kappa shape index (κ1) is 23.2. The van der Waals surface area contributed by atoms with Crippen LogP contribution in [0.4, 0.5) is 10.5 Å². The van der Waals surface area contributed by atoms with Crippen LogP contribution in [0.2, 0.25) is 5.02 Å². The minimum atomic E-state index is -0.290. The molecule has 2 aliphatic rings. The quantitative estimate of drug-likeness (QED) is 0.303. The van der Waals surface area contributed by atoms with E-state index in [-0.39, 0.29) is 12.1 Å². The van der Waals surface area contributed by atoms with E-state index in [4.69, 9.17) is 16.3 Å². The Kier molecular flexibility index (Phi) is 6.23. The minimum absolute atomic E-state index is 0.175. The summed E-state index contributed by atoms with van der Waals surface area (Å²) in [5.41, 5.74) is 5.39. The first-order chi connectivity index (χ1) is 17.6. The highest BCUT2D eigenvalue weighted by molar-refractivity contribution is 7.15. The molecule has 5 nitrogen and oxygen atoms in total. The lowest BCUT2D eigenvalue weighted by Crippen LogP contribution is -2.38. The Morgan fingerprint density at radius 2 is 1.94 bits per heavy atom. The zero-order valence-corrected chi connectivity index (χ0v) is 21.7. The van der Waals surface area contributed by atoms with Gasteiger partial charge in [0.1, 0.15) is 10.8 Å². The number of urea groups is 1. The summed E-state index contributed by atoms with van der Waals surface area (Å²) in [7, 11) is 0. The van der Waals surface area contributed by atoms with Gasteiger partial charge in [-0.25, -0.2) is 4.79 Å². The molecule has 1 atom stereocenters. The number of aryl methyl sites for hydroxylation is 1. The molecule has 0 radical (unpaired) electrons. The molecule has 1 aliphatic heterocycles. The van der Waals surface area contributed by atoms with E-state index in [0.29, 0.717) is 23.9 Å². The summed E-state index contributed by atoms with van der Waals surface area (Å²) in [6, 6.07) is 19.2. The van der Waals surface area contributed by atoms with Gasteiger partial charge < -0.3 is 19.5 Å². The number of rotatable bonds is 4. The van der Waals surface area contributed by atoms with E-state index in [2.05, 4.69) is 40.3 Å². The zero-order valence-electron chi connectivity index (χ0n) is 20.2. The number of para-hydroxylation sites is 1. The fraction of sp³-hybridized carbons (Fsp3) is 0.276. The van der Waals surface area contributed by atoms with Crippen LogP contribution in [0.25, 0.3) is 5.00 Å². The molecule has 0 unspecified atom stereocenters. The first-order valence-corrected chi connectivity index (χ1v) is 13.7. The van der Waals surface area contributed by atoms with Gasteiger partial charge >= 0.3 is 6.03 Å². The summed E-state index contributed by atoms with van der Waals surface area (Å²) < 4.78 is 8.12.